The normalized spacial score (nSPS) is 23.6. The lowest BCUT2D eigenvalue weighted by atomic mass is 10.1. The molecule has 0 radical (unpaired) electrons. The largest absolute Gasteiger partial charge is 0.364 e. The second kappa shape index (κ2) is 6.33. The van der Waals surface area contributed by atoms with Crippen LogP contribution in [0.4, 0.5) is 4.39 Å². The molecular formula is C15H21FN2O2. The number of carbonyl (C=O) groups is 1. The number of nitrogens with two attached hydrogens (primary N) is 1. The van der Waals surface area contributed by atoms with Gasteiger partial charge in [0.05, 0.1) is 12.1 Å². The van der Waals surface area contributed by atoms with Gasteiger partial charge in [-0.15, -0.1) is 0 Å². The summed E-state index contributed by atoms with van der Waals surface area (Å²) >= 11 is 0. The number of rotatable bonds is 4. The van der Waals surface area contributed by atoms with Crippen LogP contribution in [0.2, 0.25) is 0 Å². The number of ether oxygens (including phenoxy) is 1. The fourth-order valence-corrected chi connectivity index (χ4v) is 2.44. The number of hydrogen-bond acceptors (Lipinski definition) is 3. The first-order valence-electron chi connectivity index (χ1n) is 6.90. The van der Waals surface area contributed by atoms with Crippen molar-refractivity contribution >= 4 is 5.91 Å². The maximum Gasteiger partial charge on any atom is 0.251 e. The minimum atomic E-state index is -0.406. The van der Waals surface area contributed by atoms with Crippen LogP contribution in [0.15, 0.2) is 24.3 Å². The highest BCUT2D eigenvalue weighted by Gasteiger charge is 2.33. The highest BCUT2D eigenvalue weighted by Crippen LogP contribution is 2.25. The number of benzene rings is 1. The zero-order valence-corrected chi connectivity index (χ0v) is 11.9. The van der Waals surface area contributed by atoms with Crippen LogP contribution in [-0.4, -0.2) is 36.6 Å². The van der Waals surface area contributed by atoms with Gasteiger partial charge in [-0.05, 0) is 37.5 Å². The van der Waals surface area contributed by atoms with E-state index in [9.17, 15) is 9.18 Å². The number of hydrogen-bond donors (Lipinski definition) is 1. The smallest absolute Gasteiger partial charge is 0.251 e. The fourth-order valence-electron chi connectivity index (χ4n) is 2.44. The molecular weight excluding hydrogens is 259 g/mol. The SMILES string of the molecule is CC(c1ccc(F)cc1)N(C)C(=O)C1CCC(CN)O1. The molecule has 0 aliphatic carbocycles. The van der Waals surface area contributed by atoms with Crippen molar-refractivity contribution in [3.05, 3.63) is 35.6 Å². The Morgan fingerprint density at radius 3 is 2.65 bits per heavy atom. The Balaban J connectivity index is 2.01. The molecule has 1 fully saturated rings. The molecule has 110 valence electrons. The molecule has 1 saturated heterocycles. The second-order valence-electron chi connectivity index (χ2n) is 5.24. The molecule has 1 aromatic rings. The molecule has 0 spiro atoms. The van der Waals surface area contributed by atoms with E-state index in [0.717, 1.165) is 12.0 Å². The second-order valence-corrected chi connectivity index (χ2v) is 5.24. The van der Waals surface area contributed by atoms with Crippen LogP contribution in [0.5, 0.6) is 0 Å². The van der Waals surface area contributed by atoms with Crippen molar-refractivity contribution in [1.82, 2.24) is 4.90 Å². The minimum Gasteiger partial charge on any atom is -0.364 e. The van der Waals surface area contributed by atoms with Crippen LogP contribution in [0.1, 0.15) is 31.4 Å². The maximum absolute atomic E-state index is 12.9. The molecule has 1 aromatic carbocycles. The molecule has 3 atom stereocenters. The Hall–Kier alpha value is -1.46. The summed E-state index contributed by atoms with van der Waals surface area (Å²) < 4.78 is 18.5. The van der Waals surface area contributed by atoms with Gasteiger partial charge in [-0.3, -0.25) is 4.79 Å². The van der Waals surface area contributed by atoms with E-state index >= 15 is 0 Å². The van der Waals surface area contributed by atoms with Crippen molar-refractivity contribution in [2.24, 2.45) is 5.73 Å². The molecule has 1 aliphatic heterocycles. The topological polar surface area (TPSA) is 55.6 Å². The van der Waals surface area contributed by atoms with E-state index < -0.39 is 6.10 Å². The van der Waals surface area contributed by atoms with Gasteiger partial charge in [0.2, 0.25) is 0 Å². The van der Waals surface area contributed by atoms with Crippen molar-refractivity contribution in [2.45, 2.75) is 38.0 Å². The lowest BCUT2D eigenvalue weighted by Gasteiger charge is -2.28. The zero-order valence-electron chi connectivity index (χ0n) is 11.9. The first-order valence-corrected chi connectivity index (χ1v) is 6.90. The molecule has 1 heterocycles. The molecule has 0 bridgehead atoms. The van der Waals surface area contributed by atoms with Gasteiger partial charge >= 0.3 is 0 Å². The average Bonchev–Trinajstić information content (AvgIpc) is 2.94. The predicted molar refractivity (Wildman–Crippen MR) is 74.5 cm³/mol. The first kappa shape index (κ1) is 14.9. The van der Waals surface area contributed by atoms with Crippen molar-refractivity contribution in [3.63, 3.8) is 0 Å². The lowest BCUT2D eigenvalue weighted by molar-refractivity contribution is -0.143. The molecule has 0 aromatic heterocycles. The molecule has 3 unspecified atom stereocenters. The standard InChI is InChI=1S/C15H21FN2O2/c1-10(11-3-5-12(16)6-4-11)18(2)15(19)14-8-7-13(9-17)20-14/h3-6,10,13-14H,7-9,17H2,1-2H3. The fraction of sp³-hybridized carbons (Fsp3) is 0.533. The third-order valence-corrected chi connectivity index (χ3v) is 3.93. The van der Waals surface area contributed by atoms with Crippen LogP contribution < -0.4 is 5.73 Å². The first-order chi connectivity index (χ1) is 9.52. The summed E-state index contributed by atoms with van der Waals surface area (Å²) in [5.41, 5.74) is 6.45. The average molecular weight is 280 g/mol. The van der Waals surface area contributed by atoms with Crippen LogP contribution >= 0.6 is 0 Å². The van der Waals surface area contributed by atoms with Crippen molar-refractivity contribution < 1.29 is 13.9 Å². The van der Waals surface area contributed by atoms with Gasteiger partial charge in [-0.2, -0.15) is 0 Å². The van der Waals surface area contributed by atoms with E-state index in [4.69, 9.17) is 10.5 Å². The predicted octanol–water partition coefficient (Wildman–Crippen LogP) is 1.85. The minimum absolute atomic E-state index is 0.0153. The lowest BCUT2D eigenvalue weighted by Crippen LogP contribution is -2.38. The van der Waals surface area contributed by atoms with E-state index in [0.29, 0.717) is 13.0 Å². The van der Waals surface area contributed by atoms with E-state index in [1.807, 2.05) is 6.92 Å². The number of carbonyl (C=O) groups excluding carboxylic acids is 1. The van der Waals surface area contributed by atoms with E-state index in [1.165, 1.54) is 12.1 Å². The molecule has 0 saturated carbocycles. The third kappa shape index (κ3) is 3.16. The third-order valence-electron chi connectivity index (χ3n) is 3.93. The highest BCUT2D eigenvalue weighted by molar-refractivity contribution is 5.81. The molecule has 4 nitrogen and oxygen atoms in total. The maximum atomic E-state index is 12.9. The Kier molecular flexibility index (Phi) is 4.73. The highest BCUT2D eigenvalue weighted by atomic mass is 19.1. The van der Waals surface area contributed by atoms with Crippen molar-refractivity contribution in [2.75, 3.05) is 13.6 Å². The summed E-state index contributed by atoms with van der Waals surface area (Å²) in [4.78, 5) is 14.0. The number of amides is 1. The molecule has 20 heavy (non-hydrogen) atoms. The summed E-state index contributed by atoms with van der Waals surface area (Å²) in [6.45, 7) is 2.36. The van der Waals surface area contributed by atoms with Gasteiger partial charge < -0.3 is 15.4 Å². The number of halogens is 1. The van der Waals surface area contributed by atoms with Crippen LogP contribution in [0.3, 0.4) is 0 Å². The molecule has 2 rings (SSSR count). The van der Waals surface area contributed by atoms with Crippen LogP contribution in [0.25, 0.3) is 0 Å². The van der Waals surface area contributed by atoms with Gasteiger partial charge in [-0.25, -0.2) is 4.39 Å². The molecule has 2 N–H and O–H groups in total. The Labute approximate surface area is 118 Å². The monoisotopic (exact) mass is 280 g/mol. The Bertz CT molecular complexity index is 463. The Morgan fingerprint density at radius 2 is 2.10 bits per heavy atom. The number of nitrogens with zero attached hydrogens (tertiary/aromatic N) is 1. The van der Waals surface area contributed by atoms with Gasteiger partial charge in [0.25, 0.3) is 5.91 Å². The van der Waals surface area contributed by atoms with Gasteiger partial charge in [0.1, 0.15) is 11.9 Å². The van der Waals surface area contributed by atoms with Crippen LogP contribution in [-0.2, 0) is 9.53 Å². The number of likely N-dealkylation sites (N-methyl/N-ethyl adjacent to an activating group) is 1. The van der Waals surface area contributed by atoms with Gasteiger partial charge in [0.15, 0.2) is 0 Å². The quantitative estimate of drug-likeness (QED) is 0.915. The Morgan fingerprint density at radius 1 is 1.45 bits per heavy atom. The van der Waals surface area contributed by atoms with Crippen LogP contribution in [0, 0.1) is 5.82 Å². The van der Waals surface area contributed by atoms with E-state index in [2.05, 4.69) is 0 Å². The summed E-state index contributed by atoms with van der Waals surface area (Å²) in [6.07, 6.45) is 1.11. The van der Waals surface area contributed by atoms with Gasteiger partial charge in [0, 0.05) is 13.6 Å². The van der Waals surface area contributed by atoms with Crippen molar-refractivity contribution in [1.29, 1.82) is 0 Å². The summed E-state index contributed by atoms with van der Waals surface area (Å²) in [7, 11) is 1.75. The molecule has 1 aliphatic rings. The summed E-state index contributed by atoms with van der Waals surface area (Å²) in [5, 5.41) is 0. The zero-order chi connectivity index (χ0) is 14.7. The summed E-state index contributed by atoms with van der Waals surface area (Å²) in [5.74, 6) is -0.322. The van der Waals surface area contributed by atoms with E-state index in [1.54, 1.807) is 24.1 Å². The molecule has 5 heteroatoms. The molecule has 1 amide bonds. The van der Waals surface area contributed by atoms with E-state index in [-0.39, 0.29) is 23.9 Å². The van der Waals surface area contributed by atoms with Gasteiger partial charge in [-0.1, -0.05) is 12.1 Å². The van der Waals surface area contributed by atoms with Crippen molar-refractivity contribution in [3.8, 4) is 0 Å². The summed E-state index contributed by atoms with van der Waals surface area (Å²) in [6, 6.07) is 6.08.